The summed E-state index contributed by atoms with van der Waals surface area (Å²) >= 11 is 3.20. The van der Waals surface area contributed by atoms with E-state index in [-0.39, 0.29) is 12.3 Å². The van der Waals surface area contributed by atoms with Crippen molar-refractivity contribution >= 4 is 21.6 Å². The van der Waals surface area contributed by atoms with Gasteiger partial charge in [0.2, 0.25) is 0 Å². The smallest absolute Gasteiger partial charge is 0.267 e. The van der Waals surface area contributed by atoms with E-state index in [1.807, 2.05) is 6.92 Å². The number of nitrogen functional groups attached to an aromatic ring is 1. The molecule has 0 atom stereocenters. The van der Waals surface area contributed by atoms with Crippen LogP contribution in [0, 0.1) is 6.92 Å². The van der Waals surface area contributed by atoms with Gasteiger partial charge in [0.05, 0.1) is 10.2 Å². The lowest BCUT2D eigenvalue weighted by atomic mass is 10.2. The SMILES string of the molecule is CCOCn1cc(N)c(C)c(Br)c1=O. The van der Waals surface area contributed by atoms with Crippen molar-refractivity contribution in [3.8, 4) is 0 Å². The van der Waals surface area contributed by atoms with E-state index in [0.29, 0.717) is 16.8 Å². The summed E-state index contributed by atoms with van der Waals surface area (Å²) in [6, 6.07) is 0. The Bertz CT molecular complexity index is 387. The molecule has 0 amide bonds. The number of nitrogens with zero attached hydrogens (tertiary/aromatic N) is 1. The summed E-state index contributed by atoms with van der Waals surface area (Å²) in [4.78, 5) is 11.6. The van der Waals surface area contributed by atoms with Crippen LogP contribution in [0.3, 0.4) is 0 Å². The van der Waals surface area contributed by atoms with Crippen molar-refractivity contribution in [1.82, 2.24) is 4.57 Å². The summed E-state index contributed by atoms with van der Waals surface area (Å²) < 4.78 is 7.07. The fourth-order valence-electron chi connectivity index (χ4n) is 1.02. The lowest BCUT2D eigenvalue weighted by Crippen LogP contribution is -2.23. The molecule has 0 aliphatic rings. The van der Waals surface area contributed by atoms with Crippen LogP contribution in [0.15, 0.2) is 15.5 Å². The van der Waals surface area contributed by atoms with Crippen molar-refractivity contribution in [3.63, 3.8) is 0 Å². The Morgan fingerprint density at radius 1 is 1.64 bits per heavy atom. The number of nitrogens with two attached hydrogens (primary N) is 1. The maximum Gasteiger partial charge on any atom is 0.267 e. The fraction of sp³-hybridized carbons (Fsp3) is 0.444. The molecule has 0 spiro atoms. The monoisotopic (exact) mass is 260 g/mol. The van der Waals surface area contributed by atoms with Crippen LogP contribution in [0.4, 0.5) is 5.69 Å². The highest BCUT2D eigenvalue weighted by molar-refractivity contribution is 9.10. The molecule has 0 unspecified atom stereocenters. The first kappa shape index (κ1) is 11.3. The molecule has 14 heavy (non-hydrogen) atoms. The number of ether oxygens (including phenoxy) is 1. The number of halogens is 1. The van der Waals surface area contributed by atoms with Crippen LogP contribution >= 0.6 is 15.9 Å². The standard InChI is InChI=1S/C9H13BrN2O2/c1-3-14-5-12-4-7(11)6(2)8(10)9(12)13/h4H,3,5,11H2,1-2H3. The van der Waals surface area contributed by atoms with E-state index < -0.39 is 0 Å². The van der Waals surface area contributed by atoms with E-state index in [1.165, 1.54) is 4.57 Å². The molecule has 0 saturated carbocycles. The molecule has 0 aliphatic heterocycles. The molecule has 0 saturated heterocycles. The predicted molar refractivity (Wildman–Crippen MR) is 59.2 cm³/mol. The highest BCUT2D eigenvalue weighted by Crippen LogP contribution is 2.16. The summed E-state index contributed by atoms with van der Waals surface area (Å²) in [5.41, 5.74) is 6.94. The number of rotatable bonds is 3. The van der Waals surface area contributed by atoms with E-state index >= 15 is 0 Å². The highest BCUT2D eigenvalue weighted by atomic mass is 79.9. The van der Waals surface area contributed by atoms with Crippen molar-refractivity contribution < 1.29 is 4.74 Å². The van der Waals surface area contributed by atoms with Crippen LogP contribution in [-0.2, 0) is 11.5 Å². The average Bonchev–Trinajstić information content (AvgIpc) is 2.18. The van der Waals surface area contributed by atoms with Gasteiger partial charge in [-0.3, -0.25) is 9.36 Å². The normalized spacial score (nSPS) is 10.5. The second-order valence-electron chi connectivity index (χ2n) is 2.92. The van der Waals surface area contributed by atoms with E-state index in [4.69, 9.17) is 10.5 Å². The number of hydrogen-bond acceptors (Lipinski definition) is 3. The molecule has 4 nitrogen and oxygen atoms in total. The molecule has 0 aromatic carbocycles. The molecular weight excluding hydrogens is 248 g/mol. The fourth-order valence-corrected chi connectivity index (χ4v) is 1.48. The van der Waals surface area contributed by atoms with Crippen LogP contribution in [0.2, 0.25) is 0 Å². The van der Waals surface area contributed by atoms with Gasteiger partial charge in [-0.15, -0.1) is 0 Å². The number of anilines is 1. The van der Waals surface area contributed by atoms with Gasteiger partial charge in [0.25, 0.3) is 5.56 Å². The molecule has 0 bridgehead atoms. The van der Waals surface area contributed by atoms with Gasteiger partial charge in [0.1, 0.15) is 6.73 Å². The third-order valence-electron chi connectivity index (χ3n) is 1.94. The highest BCUT2D eigenvalue weighted by Gasteiger charge is 2.07. The van der Waals surface area contributed by atoms with Crippen molar-refractivity contribution in [3.05, 3.63) is 26.6 Å². The van der Waals surface area contributed by atoms with Gasteiger partial charge in [-0.1, -0.05) is 0 Å². The van der Waals surface area contributed by atoms with Gasteiger partial charge in [0.15, 0.2) is 0 Å². The zero-order chi connectivity index (χ0) is 10.7. The van der Waals surface area contributed by atoms with Crippen LogP contribution < -0.4 is 11.3 Å². The van der Waals surface area contributed by atoms with Crippen LogP contribution in [0.5, 0.6) is 0 Å². The first-order valence-electron chi connectivity index (χ1n) is 4.30. The Hall–Kier alpha value is -0.810. The van der Waals surface area contributed by atoms with Gasteiger partial charge in [-0.25, -0.2) is 0 Å². The van der Waals surface area contributed by atoms with E-state index in [9.17, 15) is 4.79 Å². The molecule has 5 heteroatoms. The Labute approximate surface area is 90.8 Å². The quantitative estimate of drug-likeness (QED) is 0.896. The number of hydrogen-bond donors (Lipinski definition) is 1. The lowest BCUT2D eigenvalue weighted by Gasteiger charge is -2.09. The number of aromatic nitrogens is 1. The van der Waals surface area contributed by atoms with Gasteiger partial charge in [-0.05, 0) is 35.3 Å². The Kier molecular flexibility index (Phi) is 3.71. The lowest BCUT2D eigenvalue weighted by molar-refractivity contribution is 0.0853. The summed E-state index contributed by atoms with van der Waals surface area (Å²) in [5, 5.41) is 0. The molecule has 0 aliphatic carbocycles. The molecule has 78 valence electrons. The second kappa shape index (κ2) is 4.61. The third-order valence-corrected chi connectivity index (χ3v) is 2.87. The minimum Gasteiger partial charge on any atom is -0.397 e. The van der Waals surface area contributed by atoms with Gasteiger partial charge >= 0.3 is 0 Å². The topological polar surface area (TPSA) is 57.2 Å². The van der Waals surface area contributed by atoms with E-state index in [2.05, 4.69) is 15.9 Å². The molecule has 2 N–H and O–H groups in total. The van der Waals surface area contributed by atoms with Gasteiger partial charge in [0, 0.05) is 12.8 Å². The summed E-state index contributed by atoms with van der Waals surface area (Å²) in [7, 11) is 0. The summed E-state index contributed by atoms with van der Waals surface area (Å²) in [6.45, 7) is 4.47. The summed E-state index contributed by atoms with van der Waals surface area (Å²) in [5.74, 6) is 0. The van der Waals surface area contributed by atoms with Gasteiger partial charge < -0.3 is 10.5 Å². The maximum absolute atomic E-state index is 11.6. The third kappa shape index (κ3) is 2.16. The number of pyridine rings is 1. The molecule has 1 heterocycles. The van der Waals surface area contributed by atoms with Crippen LogP contribution in [0.1, 0.15) is 12.5 Å². The maximum atomic E-state index is 11.6. The van der Waals surface area contributed by atoms with Crippen molar-refractivity contribution in [2.24, 2.45) is 0 Å². The van der Waals surface area contributed by atoms with E-state index in [0.717, 1.165) is 5.56 Å². The van der Waals surface area contributed by atoms with Gasteiger partial charge in [-0.2, -0.15) is 0 Å². The van der Waals surface area contributed by atoms with Crippen molar-refractivity contribution in [2.45, 2.75) is 20.6 Å². The molecule has 1 aromatic rings. The zero-order valence-electron chi connectivity index (χ0n) is 8.21. The first-order chi connectivity index (χ1) is 6.57. The summed E-state index contributed by atoms with van der Waals surface area (Å²) in [6.07, 6.45) is 1.60. The Morgan fingerprint density at radius 2 is 2.29 bits per heavy atom. The van der Waals surface area contributed by atoms with Crippen molar-refractivity contribution in [1.29, 1.82) is 0 Å². The average molecular weight is 261 g/mol. The van der Waals surface area contributed by atoms with Crippen LogP contribution in [-0.4, -0.2) is 11.2 Å². The van der Waals surface area contributed by atoms with Crippen LogP contribution in [0.25, 0.3) is 0 Å². The van der Waals surface area contributed by atoms with E-state index in [1.54, 1.807) is 13.1 Å². The Balaban J connectivity index is 3.13. The minimum absolute atomic E-state index is 0.120. The van der Waals surface area contributed by atoms with Crippen molar-refractivity contribution in [2.75, 3.05) is 12.3 Å². The minimum atomic E-state index is -0.120. The zero-order valence-corrected chi connectivity index (χ0v) is 9.80. The molecule has 0 fully saturated rings. The molecule has 1 aromatic heterocycles. The largest absolute Gasteiger partial charge is 0.397 e. The Morgan fingerprint density at radius 3 is 2.86 bits per heavy atom. The molecule has 1 rings (SSSR count). The molecular formula is C9H13BrN2O2. The molecule has 0 radical (unpaired) electrons. The first-order valence-corrected chi connectivity index (χ1v) is 5.10. The second-order valence-corrected chi connectivity index (χ2v) is 3.71. The predicted octanol–water partition coefficient (Wildman–Crippen LogP) is 1.50.